The van der Waals surface area contributed by atoms with E-state index in [1.54, 1.807) is 19.5 Å². The third-order valence-corrected chi connectivity index (χ3v) is 2.50. The molecule has 2 N–H and O–H groups in total. The maximum absolute atomic E-state index is 5.26. The molecular formula is C10H18N4OS. The lowest BCUT2D eigenvalue weighted by Gasteiger charge is -2.23. The fraction of sp³-hybridized carbons (Fsp3) is 0.600. The number of ether oxygens (including phenoxy) is 1. The molecule has 0 spiro atoms. The molecule has 0 aliphatic heterocycles. The highest BCUT2D eigenvalue weighted by atomic mass is 32.1. The number of rotatable bonds is 5. The van der Waals surface area contributed by atoms with E-state index in [-0.39, 0.29) is 6.04 Å². The minimum Gasteiger partial charge on any atom is -0.383 e. The molecular weight excluding hydrogens is 224 g/mol. The largest absolute Gasteiger partial charge is 0.383 e. The molecule has 1 atom stereocenters. The van der Waals surface area contributed by atoms with E-state index in [2.05, 4.69) is 15.3 Å². The summed E-state index contributed by atoms with van der Waals surface area (Å²) in [6, 6.07) is 0.205. The summed E-state index contributed by atoms with van der Waals surface area (Å²) in [7, 11) is 3.60. The average molecular weight is 242 g/mol. The van der Waals surface area contributed by atoms with E-state index in [9.17, 15) is 0 Å². The second kappa shape index (κ2) is 6.44. The van der Waals surface area contributed by atoms with Crippen molar-refractivity contribution < 1.29 is 4.74 Å². The van der Waals surface area contributed by atoms with Gasteiger partial charge in [-0.15, -0.1) is 0 Å². The van der Waals surface area contributed by atoms with Gasteiger partial charge in [0.05, 0.1) is 13.2 Å². The number of imidazole rings is 1. The second-order valence-corrected chi connectivity index (χ2v) is 4.08. The number of hydrogen-bond donors (Lipinski definition) is 2. The van der Waals surface area contributed by atoms with Crippen molar-refractivity contribution in [1.82, 2.24) is 20.2 Å². The van der Waals surface area contributed by atoms with Crippen LogP contribution in [-0.4, -0.2) is 46.8 Å². The Morgan fingerprint density at radius 2 is 2.50 bits per heavy atom. The van der Waals surface area contributed by atoms with Gasteiger partial charge in [-0.05, 0) is 19.1 Å². The molecule has 0 fully saturated rings. The number of nitrogens with one attached hydrogen (secondary N) is 2. The third-order valence-electron chi connectivity index (χ3n) is 2.08. The molecule has 1 aromatic heterocycles. The highest BCUT2D eigenvalue weighted by Crippen LogP contribution is 1.97. The number of hydrogen-bond acceptors (Lipinski definition) is 3. The lowest BCUT2D eigenvalue weighted by molar-refractivity contribution is 0.178. The number of aromatic amines is 1. The Balaban J connectivity index is 2.36. The Kier molecular flexibility index (Phi) is 5.21. The van der Waals surface area contributed by atoms with Crippen LogP contribution in [0.2, 0.25) is 0 Å². The summed E-state index contributed by atoms with van der Waals surface area (Å²) in [6.07, 6.45) is 3.53. The summed E-state index contributed by atoms with van der Waals surface area (Å²) in [6.45, 7) is 3.32. The maximum atomic E-state index is 5.26. The van der Waals surface area contributed by atoms with Gasteiger partial charge in [0.1, 0.15) is 5.82 Å². The van der Waals surface area contributed by atoms with Crippen molar-refractivity contribution >= 4 is 17.3 Å². The van der Waals surface area contributed by atoms with Crippen molar-refractivity contribution in [3.05, 3.63) is 18.2 Å². The van der Waals surface area contributed by atoms with E-state index in [1.165, 1.54) is 0 Å². The molecule has 0 aliphatic rings. The molecule has 1 rings (SSSR count). The number of thiocarbonyl (C=S) groups is 1. The van der Waals surface area contributed by atoms with Crippen LogP contribution >= 0.6 is 12.2 Å². The van der Waals surface area contributed by atoms with Gasteiger partial charge in [-0.2, -0.15) is 0 Å². The lowest BCUT2D eigenvalue weighted by atomic mass is 10.4. The third kappa shape index (κ3) is 4.16. The van der Waals surface area contributed by atoms with Gasteiger partial charge in [-0.3, -0.25) is 0 Å². The van der Waals surface area contributed by atoms with Crippen molar-refractivity contribution in [2.75, 3.05) is 20.8 Å². The van der Waals surface area contributed by atoms with Gasteiger partial charge in [0, 0.05) is 32.6 Å². The normalized spacial score (nSPS) is 12.2. The van der Waals surface area contributed by atoms with Crippen LogP contribution in [0, 0.1) is 0 Å². The van der Waals surface area contributed by atoms with Crippen LogP contribution in [0.3, 0.4) is 0 Å². The molecule has 0 bridgehead atoms. The summed E-state index contributed by atoms with van der Waals surface area (Å²) in [5, 5.41) is 3.88. The van der Waals surface area contributed by atoms with Crippen molar-refractivity contribution in [3.8, 4) is 0 Å². The Hall–Kier alpha value is -1.14. The fourth-order valence-electron chi connectivity index (χ4n) is 1.29. The first-order valence-corrected chi connectivity index (χ1v) is 5.53. The summed E-state index contributed by atoms with van der Waals surface area (Å²) in [5.74, 6) is 0.894. The molecule has 16 heavy (non-hydrogen) atoms. The quantitative estimate of drug-likeness (QED) is 0.746. The lowest BCUT2D eigenvalue weighted by Crippen LogP contribution is -2.43. The zero-order valence-corrected chi connectivity index (χ0v) is 10.7. The highest BCUT2D eigenvalue weighted by molar-refractivity contribution is 7.80. The Morgan fingerprint density at radius 1 is 1.75 bits per heavy atom. The fourth-order valence-corrected chi connectivity index (χ4v) is 1.56. The molecule has 0 saturated heterocycles. The Bertz CT molecular complexity index is 315. The minimum atomic E-state index is 0.205. The molecule has 0 saturated carbocycles. The van der Waals surface area contributed by atoms with E-state index in [0.29, 0.717) is 18.3 Å². The smallest absolute Gasteiger partial charge is 0.169 e. The summed E-state index contributed by atoms with van der Waals surface area (Å²) < 4.78 is 5.03. The van der Waals surface area contributed by atoms with Crippen molar-refractivity contribution in [3.63, 3.8) is 0 Å². The number of nitrogens with zero attached hydrogens (tertiary/aromatic N) is 2. The predicted octanol–water partition coefficient (Wildman–Crippen LogP) is 0.751. The molecule has 1 aromatic rings. The highest BCUT2D eigenvalue weighted by Gasteiger charge is 2.09. The van der Waals surface area contributed by atoms with E-state index in [1.807, 2.05) is 18.9 Å². The Morgan fingerprint density at radius 3 is 3.06 bits per heavy atom. The zero-order valence-electron chi connectivity index (χ0n) is 9.86. The number of H-pyrrole nitrogens is 1. The molecule has 1 unspecified atom stereocenters. The molecule has 0 amide bonds. The van der Waals surface area contributed by atoms with Crippen molar-refractivity contribution in [2.45, 2.75) is 19.5 Å². The molecule has 1 heterocycles. The van der Waals surface area contributed by atoms with E-state index >= 15 is 0 Å². The van der Waals surface area contributed by atoms with Crippen LogP contribution in [-0.2, 0) is 11.3 Å². The van der Waals surface area contributed by atoms with Gasteiger partial charge in [-0.25, -0.2) is 4.98 Å². The van der Waals surface area contributed by atoms with Crippen LogP contribution in [0.5, 0.6) is 0 Å². The summed E-state index contributed by atoms with van der Waals surface area (Å²) in [4.78, 5) is 9.11. The van der Waals surface area contributed by atoms with Gasteiger partial charge in [0.15, 0.2) is 5.11 Å². The van der Waals surface area contributed by atoms with Crippen LogP contribution in [0.25, 0.3) is 0 Å². The predicted molar refractivity (Wildman–Crippen MR) is 67.1 cm³/mol. The van der Waals surface area contributed by atoms with Gasteiger partial charge >= 0.3 is 0 Å². The van der Waals surface area contributed by atoms with Crippen LogP contribution in [0.1, 0.15) is 12.7 Å². The van der Waals surface area contributed by atoms with Crippen LogP contribution < -0.4 is 5.32 Å². The van der Waals surface area contributed by atoms with Gasteiger partial charge < -0.3 is 19.9 Å². The van der Waals surface area contributed by atoms with Crippen LogP contribution in [0.4, 0.5) is 0 Å². The van der Waals surface area contributed by atoms with Crippen molar-refractivity contribution in [2.24, 2.45) is 0 Å². The average Bonchev–Trinajstić information content (AvgIpc) is 2.70. The number of methoxy groups -OCH3 is 1. The van der Waals surface area contributed by atoms with Gasteiger partial charge in [0.2, 0.25) is 0 Å². The SMILES string of the molecule is COCC(C)NC(=S)N(C)Cc1ncc[nH]1. The number of aromatic nitrogens is 2. The monoisotopic (exact) mass is 242 g/mol. The van der Waals surface area contributed by atoms with Crippen LogP contribution in [0.15, 0.2) is 12.4 Å². The van der Waals surface area contributed by atoms with E-state index in [0.717, 1.165) is 5.82 Å². The first-order valence-electron chi connectivity index (χ1n) is 5.12. The Labute approximate surface area is 101 Å². The standard InChI is InChI=1S/C10H18N4OS/c1-8(7-15-3)13-10(16)14(2)6-9-11-4-5-12-9/h4-5,8H,6-7H2,1-3H3,(H,11,12)(H,13,16). The summed E-state index contributed by atoms with van der Waals surface area (Å²) in [5.41, 5.74) is 0. The topological polar surface area (TPSA) is 53.2 Å². The van der Waals surface area contributed by atoms with Gasteiger partial charge in [0.25, 0.3) is 0 Å². The zero-order chi connectivity index (χ0) is 12.0. The molecule has 0 aromatic carbocycles. The summed E-state index contributed by atoms with van der Waals surface area (Å²) >= 11 is 5.26. The van der Waals surface area contributed by atoms with Gasteiger partial charge in [-0.1, -0.05) is 0 Å². The first kappa shape index (κ1) is 12.9. The van der Waals surface area contributed by atoms with E-state index < -0.39 is 0 Å². The molecule has 90 valence electrons. The molecule has 0 aliphatic carbocycles. The van der Waals surface area contributed by atoms with E-state index in [4.69, 9.17) is 17.0 Å². The minimum absolute atomic E-state index is 0.205. The maximum Gasteiger partial charge on any atom is 0.169 e. The first-order chi connectivity index (χ1) is 7.63. The molecule has 0 radical (unpaired) electrons. The molecule has 6 heteroatoms. The second-order valence-electron chi connectivity index (χ2n) is 3.70. The molecule has 5 nitrogen and oxygen atoms in total. The van der Waals surface area contributed by atoms with Crippen molar-refractivity contribution in [1.29, 1.82) is 0 Å².